The lowest BCUT2D eigenvalue weighted by Gasteiger charge is -2.09. The van der Waals surface area contributed by atoms with Crippen LogP contribution < -0.4 is 5.43 Å². The molecule has 0 aromatic carbocycles. The van der Waals surface area contributed by atoms with Crippen molar-refractivity contribution in [3.63, 3.8) is 0 Å². The van der Waals surface area contributed by atoms with Crippen LogP contribution in [-0.2, 0) is 12.7 Å². The maximum Gasteiger partial charge on any atom is 0.433 e. The molecule has 3 heterocycles. The zero-order chi connectivity index (χ0) is 19.6. The fourth-order valence-electron chi connectivity index (χ4n) is 2.26. The Bertz CT molecular complexity index is 976. The monoisotopic (exact) mass is 398 g/mol. The first-order valence-corrected chi connectivity index (χ1v) is 8.63. The van der Waals surface area contributed by atoms with Gasteiger partial charge in [0.2, 0.25) is 5.95 Å². The summed E-state index contributed by atoms with van der Waals surface area (Å²) >= 11 is 0.850. The zero-order valence-corrected chi connectivity index (χ0v) is 15.1. The van der Waals surface area contributed by atoms with E-state index in [9.17, 15) is 17.6 Å². The van der Waals surface area contributed by atoms with E-state index in [0.717, 1.165) is 17.4 Å². The molecule has 1 N–H and O–H groups in total. The lowest BCUT2D eigenvalue weighted by molar-refractivity contribution is -0.141. The number of nitrogens with one attached hydrogen (secondary N) is 1. The molecule has 142 valence electrons. The summed E-state index contributed by atoms with van der Waals surface area (Å²) in [5.41, 5.74) is 2.36. The number of halogens is 4. The van der Waals surface area contributed by atoms with E-state index in [2.05, 4.69) is 25.6 Å². The molecule has 0 aliphatic carbocycles. The van der Waals surface area contributed by atoms with Crippen LogP contribution in [0.3, 0.4) is 0 Å². The smallest absolute Gasteiger partial charge is 0.272 e. The molecule has 0 saturated carbocycles. The van der Waals surface area contributed by atoms with Crippen LogP contribution in [0.1, 0.15) is 23.2 Å². The molecule has 6 nitrogen and oxygen atoms in total. The van der Waals surface area contributed by atoms with E-state index in [1.54, 1.807) is 17.8 Å². The van der Waals surface area contributed by atoms with Crippen LogP contribution in [-0.4, -0.2) is 26.0 Å². The number of alkyl halides is 3. The highest BCUT2D eigenvalue weighted by Crippen LogP contribution is 2.31. The molecule has 0 spiro atoms. The van der Waals surface area contributed by atoms with Gasteiger partial charge in [0.15, 0.2) is 10.8 Å². The summed E-state index contributed by atoms with van der Waals surface area (Å²) in [4.78, 5) is 8.06. The van der Waals surface area contributed by atoms with E-state index < -0.39 is 17.0 Å². The predicted molar refractivity (Wildman–Crippen MR) is 94.2 cm³/mol. The largest absolute Gasteiger partial charge is 0.433 e. The molecule has 11 heteroatoms. The number of hydrogen-bond acceptors (Lipinski definition) is 6. The Morgan fingerprint density at radius 3 is 2.67 bits per heavy atom. The Hall–Kier alpha value is -2.82. The lowest BCUT2D eigenvalue weighted by atomic mass is 10.1. The molecule has 0 radical (unpaired) electrons. The van der Waals surface area contributed by atoms with Gasteiger partial charge in [0.25, 0.3) is 0 Å². The minimum atomic E-state index is -4.65. The van der Waals surface area contributed by atoms with Crippen molar-refractivity contribution in [3.8, 4) is 11.3 Å². The Balaban J connectivity index is 1.95. The molecule has 0 amide bonds. The summed E-state index contributed by atoms with van der Waals surface area (Å²) in [5.74, 6) is -0.322. The molecule has 3 aromatic heterocycles. The summed E-state index contributed by atoms with van der Waals surface area (Å²) < 4.78 is 54.2. The van der Waals surface area contributed by atoms with Crippen LogP contribution in [0.2, 0.25) is 0 Å². The second-order valence-electron chi connectivity index (χ2n) is 5.46. The second kappa shape index (κ2) is 7.43. The van der Waals surface area contributed by atoms with Gasteiger partial charge in [-0.25, -0.2) is 15.4 Å². The Morgan fingerprint density at radius 2 is 2.07 bits per heavy atom. The number of hydrazone groups is 1. The van der Waals surface area contributed by atoms with Crippen molar-refractivity contribution in [1.82, 2.24) is 19.7 Å². The number of aryl methyl sites for hydroxylation is 2. The summed E-state index contributed by atoms with van der Waals surface area (Å²) in [7, 11) is 0. The van der Waals surface area contributed by atoms with Crippen molar-refractivity contribution in [2.45, 2.75) is 26.6 Å². The maximum absolute atomic E-state index is 13.2. The van der Waals surface area contributed by atoms with Gasteiger partial charge in [0.1, 0.15) is 0 Å². The molecule has 0 aliphatic heterocycles. The van der Waals surface area contributed by atoms with E-state index in [4.69, 9.17) is 0 Å². The van der Waals surface area contributed by atoms with E-state index in [1.807, 2.05) is 6.92 Å². The number of rotatable bonds is 5. The van der Waals surface area contributed by atoms with Crippen LogP contribution in [0, 0.1) is 12.1 Å². The minimum absolute atomic E-state index is 0.0781. The van der Waals surface area contributed by atoms with Crippen molar-refractivity contribution in [3.05, 3.63) is 45.8 Å². The molecular formula is C16H14F4N6S. The first-order valence-electron chi connectivity index (χ1n) is 7.81. The minimum Gasteiger partial charge on any atom is -0.272 e. The fraction of sp³-hybridized carbons (Fsp3) is 0.250. The molecule has 3 aromatic rings. The van der Waals surface area contributed by atoms with Crippen LogP contribution in [0.25, 0.3) is 11.3 Å². The van der Waals surface area contributed by atoms with Crippen molar-refractivity contribution in [2.24, 2.45) is 5.10 Å². The third-order valence-corrected chi connectivity index (χ3v) is 4.32. The Morgan fingerprint density at radius 1 is 1.30 bits per heavy atom. The third-order valence-electron chi connectivity index (χ3n) is 3.51. The number of hydrogen-bond donors (Lipinski definition) is 1. The molecule has 0 bridgehead atoms. The van der Waals surface area contributed by atoms with Crippen LogP contribution in [0.5, 0.6) is 0 Å². The van der Waals surface area contributed by atoms with E-state index in [1.165, 1.54) is 18.3 Å². The molecule has 0 atom stereocenters. The summed E-state index contributed by atoms with van der Waals surface area (Å²) in [6.07, 6.45) is -1.75. The van der Waals surface area contributed by atoms with Gasteiger partial charge >= 0.3 is 6.18 Å². The first kappa shape index (κ1) is 19.0. The molecular weight excluding hydrogens is 384 g/mol. The average Bonchev–Trinajstić information content (AvgIpc) is 3.19. The highest BCUT2D eigenvalue weighted by molar-refractivity contribution is 7.12. The van der Waals surface area contributed by atoms with Gasteiger partial charge in [0.05, 0.1) is 22.5 Å². The Labute approximate surface area is 155 Å². The number of thiophene rings is 1. The third kappa shape index (κ3) is 4.48. The molecule has 0 unspecified atom stereocenters. The van der Waals surface area contributed by atoms with Gasteiger partial charge in [-0.05, 0) is 32.0 Å². The molecule has 0 aliphatic rings. The van der Waals surface area contributed by atoms with Gasteiger partial charge in [-0.1, -0.05) is 0 Å². The highest BCUT2D eigenvalue weighted by atomic mass is 32.1. The molecule has 0 saturated heterocycles. The van der Waals surface area contributed by atoms with Crippen molar-refractivity contribution in [1.29, 1.82) is 0 Å². The quantitative estimate of drug-likeness (QED) is 0.395. The first-order chi connectivity index (χ1) is 12.8. The van der Waals surface area contributed by atoms with Gasteiger partial charge in [-0.15, -0.1) is 11.3 Å². The number of anilines is 1. The Kier molecular flexibility index (Phi) is 5.22. The van der Waals surface area contributed by atoms with E-state index in [-0.39, 0.29) is 11.6 Å². The van der Waals surface area contributed by atoms with Crippen molar-refractivity contribution >= 4 is 23.5 Å². The van der Waals surface area contributed by atoms with Crippen LogP contribution >= 0.6 is 11.3 Å². The van der Waals surface area contributed by atoms with Crippen molar-refractivity contribution in [2.75, 3.05) is 5.43 Å². The topological polar surface area (TPSA) is 68.0 Å². The summed E-state index contributed by atoms with van der Waals surface area (Å²) in [6, 6.07) is 3.62. The number of nitrogens with zero attached hydrogens (tertiary/aromatic N) is 5. The highest BCUT2D eigenvalue weighted by Gasteiger charge is 2.34. The average molecular weight is 398 g/mol. The standard InChI is InChI=1S/C16H14F4N6S/c1-3-26-8-11(9(2)25-26)12-6-13(16(18,19)20)23-15(22-12)24-21-7-10-4-5-14(17)27-10/h4-8H,3H2,1-2H3,(H,22,23,24). The van der Waals surface area contributed by atoms with Gasteiger partial charge < -0.3 is 0 Å². The molecule has 0 fully saturated rings. The summed E-state index contributed by atoms with van der Waals surface area (Å²) in [6.45, 7) is 4.13. The van der Waals surface area contributed by atoms with Crippen LogP contribution in [0.4, 0.5) is 23.5 Å². The van der Waals surface area contributed by atoms with Crippen molar-refractivity contribution < 1.29 is 17.6 Å². The SMILES string of the molecule is CCn1cc(-c2cc(C(F)(F)F)nc(NN=Cc3ccc(F)s3)n2)c(C)n1. The summed E-state index contributed by atoms with van der Waals surface area (Å²) in [5, 5.41) is 7.61. The lowest BCUT2D eigenvalue weighted by Crippen LogP contribution is -2.11. The normalized spacial score (nSPS) is 12.1. The molecule has 27 heavy (non-hydrogen) atoms. The molecule has 3 rings (SSSR count). The van der Waals surface area contributed by atoms with Gasteiger partial charge in [-0.2, -0.15) is 27.8 Å². The zero-order valence-electron chi connectivity index (χ0n) is 14.3. The van der Waals surface area contributed by atoms with Crippen LogP contribution in [0.15, 0.2) is 29.5 Å². The predicted octanol–water partition coefficient (Wildman–Crippen LogP) is 4.33. The second-order valence-corrected chi connectivity index (χ2v) is 6.52. The maximum atomic E-state index is 13.2. The van der Waals surface area contributed by atoms with Gasteiger partial charge in [-0.3, -0.25) is 4.68 Å². The van der Waals surface area contributed by atoms with E-state index >= 15 is 0 Å². The fourth-order valence-corrected chi connectivity index (χ4v) is 2.87. The van der Waals surface area contributed by atoms with Gasteiger partial charge in [0, 0.05) is 18.3 Å². The van der Waals surface area contributed by atoms with E-state index in [0.29, 0.717) is 22.7 Å². The number of aromatic nitrogens is 4.